The summed E-state index contributed by atoms with van der Waals surface area (Å²) in [5.74, 6) is 1.55. The molecule has 1 amide bonds. The van der Waals surface area contributed by atoms with Crippen LogP contribution in [0, 0.1) is 0 Å². The van der Waals surface area contributed by atoms with E-state index in [4.69, 9.17) is 4.52 Å². The van der Waals surface area contributed by atoms with E-state index in [2.05, 4.69) is 20.2 Å². The standard InChI is InChI=1S/C14H20N6O2/c1-10(2)13-17-14(22-18-13)11-4-3-6-20(11)12(21)5-7-19-9-15-8-16-19/h8-11H,3-7H2,1-2H3. The Morgan fingerprint density at radius 2 is 2.36 bits per heavy atom. The van der Waals surface area contributed by atoms with Gasteiger partial charge in [0.05, 0.1) is 6.54 Å². The summed E-state index contributed by atoms with van der Waals surface area (Å²) < 4.78 is 7.02. The lowest BCUT2D eigenvalue weighted by Crippen LogP contribution is -2.31. The third-order valence-electron chi connectivity index (χ3n) is 3.85. The first-order valence-electron chi connectivity index (χ1n) is 7.60. The number of aryl methyl sites for hydroxylation is 1. The second-order valence-corrected chi connectivity index (χ2v) is 5.80. The van der Waals surface area contributed by atoms with Crippen LogP contribution >= 0.6 is 0 Å². The third-order valence-corrected chi connectivity index (χ3v) is 3.85. The van der Waals surface area contributed by atoms with E-state index in [1.165, 1.54) is 6.33 Å². The third kappa shape index (κ3) is 3.00. The monoisotopic (exact) mass is 304 g/mol. The summed E-state index contributed by atoms with van der Waals surface area (Å²) in [6.07, 6.45) is 5.30. The van der Waals surface area contributed by atoms with Crippen molar-refractivity contribution in [2.75, 3.05) is 6.54 Å². The van der Waals surface area contributed by atoms with E-state index in [0.717, 1.165) is 19.4 Å². The lowest BCUT2D eigenvalue weighted by Gasteiger charge is -2.21. The second kappa shape index (κ2) is 6.25. The molecule has 1 fully saturated rings. The maximum Gasteiger partial charge on any atom is 0.249 e. The van der Waals surface area contributed by atoms with Gasteiger partial charge in [0, 0.05) is 18.9 Å². The second-order valence-electron chi connectivity index (χ2n) is 5.80. The maximum absolute atomic E-state index is 12.4. The molecular weight excluding hydrogens is 284 g/mol. The predicted octanol–water partition coefficient (Wildman–Crippen LogP) is 1.54. The predicted molar refractivity (Wildman–Crippen MR) is 76.7 cm³/mol. The molecule has 1 aliphatic rings. The Kier molecular flexibility index (Phi) is 4.17. The van der Waals surface area contributed by atoms with Crippen LogP contribution in [0.15, 0.2) is 17.2 Å². The van der Waals surface area contributed by atoms with Crippen molar-refractivity contribution < 1.29 is 9.32 Å². The molecular formula is C14H20N6O2. The van der Waals surface area contributed by atoms with Gasteiger partial charge in [-0.2, -0.15) is 10.1 Å². The van der Waals surface area contributed by atoms with Crippen molar-refractivity contribution in [2.24, 2.45) is 0 Å². The number of hydrogen-bond donors (Lipinski definition) is 0. The maximum atomic E-state index is 12.4. The van der Waals surface area contributed by atoms with E-state index in [9.17, 15) is 4.79 Å². The van der Waals surface area contributed by atoms with Crippen molar-refractivity contribution in [1.82, 2.24) is 29.8 Å². The zero-order valence-corrected chi connectivity index (χ0v) is 12.8. The fourth-order valence-electron chi connectivity index (χ4n) is 2.64. The van der Waals surface area contributed by atoms with Crippen LogP contribution < -0.4 is 0 Å². The van der Waals surface area contributed by atoms with Gasteiger partial charge in [0.15, 0.2) is 5.82 Å². The van der Waals surface area contributed by atoms with Crippen LogP contribution in [0.2, 0.25) is 0 Å². The number of carbonyl (C=O) groups excluding carboxylic acids is 1. The van der Waals surface area contributed by atoms with E-state index in [1.54, 1.807) is 11.0 Å². The Bertz CT molecular complexity index is 621. The number of hydrogen-bond acceptors (Lipinski definition) is 6. The molecule has 3 heterocycles. The molecule has 0 spiro atoms. The minimum Gasteiger partial charge on any atom is -0.337 e. The topological polar surface area (TPSA) is 89.9 Å². The molecule has 8 nitrogen and oxygen atoms in total. The number of aromatic nitrogens is 5. The van der Waals surface area contributed by atoms with E-state index >= 15 is 0 Å². The average Bonchev–Trinajstić information content (AvgIpc) is 3.23. The molecule has 0 aromatic carbocycles. The first kappa shape index (κ1) is 14.7. The van der Waals surface area contributed by atoms with Crippen LogP contribution in [0.3, 0.4) is 0 Å². The van der Waals surface area contributed by atoms with Crippen molar-refractivity contribution in [2.45, 2.75) is 51.6 Å². The van der Waals surface area contributed by atoms with E-state index in [1.807, 2.05) is 18.7 Å². The lowest BCUT2D eigenvalue weighted by molar-refractivity contribution is -0.132. The van der Waals surface area contributed by atoms with Crippen LogP contribution in [-0.2, 0) is 11.3 Å². The molecule has 0 saturated carbocycles. The molecule has 1 atom stereocenters. The molecule has 2 aromatic heterocycles. The summed E-state index contributed by atoms with van der Waals surface area (Å²) >= 11 is 0. The van der Waals surface area contributed by atoms with Gasteiger partial charge in [-0.1, -0.05) is 19.0 Å². The summed E-state index contributed by atoms with van der Waals surface area (Å²) in [6.45, 7) is 5.30. The van der Waals surface area contributed by atoms with Crippen LogP contribution in [0.1, 0.15) is 56.8 Å². The summed E-state index contributed by atoms with van der Waals surface area (Å²) in [5.41, 5.74) is 0. The van der Waals surface area contributed by atoms with Crippen molar-refractivity contribution in [1.29, 1.82) is 0 Å². The van der Waals surface area contributed by atoms with E-state index < -0.39 is 0 Å². The Balaban J connectivity index is 1.65. The number of carbonyl (C=O) groups is 1. The number of rotatable bonds is 5. The highest BCUT2D eigenvalue weighted by atomic mass is 16.5. The van der Waals surface area contributed by atoms with Gasteiger partial charge < -0.3 is 9.42 Å². The van der Waals surface area contributed by atoms with E-state index in [-0.39, 0.29) is 17.9 Å². The van der Waals surface area contributed by atoms with Crippen molar-refractivity contribution in [3.63, 3.8) is 0 Å². The summed E-state index contributed by atoms with van der Waals surface area (Å²) in [4.78, 5) is 22.6. The van der Waals surface area contributed by atoms with Gasteiger partial charge >= 0.3 is 0 Å². The first-order valence-corrected chi connectivity index (χ1v) is 7.60. The lowest BCUT2D eigenvalue weighted by atomic mass is 10.2. The number of likely N-dealkylation sites (tertiary alicyclic amines) is 1. The molecule has 118 valence electrons. The molecule has 1 saturated heterocycles. The largest absolute Gasteiger partial charge is 0.337 e. The van der Waals surface area contributed by atoms with Crippen molar-refractivity contribution in [3.8, 4) is 0 Å². The van der Waals surface area contributed by atoms with Crippen LogP contribution in [0.4, 0.5) is 0 Å². The van der Waals surface area contributed by atoms with Crippen LogP contribution in [0.25, 0.3) is 0 Å². The molecule has 0 radical (unpaired) electrons. The molecule has 22 heavy (non-hydrogen) atoms. The first-order chi connectivity index (χ1) is 10.6. The molecule has 0 N–H and O–H groups in total. The zero-order chi connectivity index (χ0) is 15.5. The minimum atomic E-state index is -0.0942. The van der Waals surface area contributed by atoms with Gasteiger partial charge in [-0.15, -0.1) is 0 Å². The molecule has 0 bridgehead atoms. The number of nitrogens with zero attached hydrogens (tertiary/aromatic N) is 6. The molecule has 8 heteroatoms. The van der Waals surface area contributed by atoms with Gasteiger partial charge in [-0.3, -0.25) is 9.48 Å². The SMILES string of the molecule is CC(C)c1noc(C2CCCN2C(=O)CCn2cncn2)n1. The molecule has 1 unspecified atom stereocenters. The van der Waals surface area contributed by atoms with Crippen LogP contribution in [0.5, 0.6) is 0 Å². The van der Waals surface area contributed by atoms with Crippen molar-refractivity contribution in [3.05, 3.63) is 24.4 Å². The Morgan fingerprint density at radius 3 is 3.05 bits per heavy atom. The summed E-state index contributed by atoms with van der Waals surface area (Å²) in [7, 11) is 0. The molecule has 1 aliphatic heterocycles. The highest BCUT2D eigenvalue weighted by Gasteiger charge is 2.33. The average molecular weight is 304 g/mol. The highest BCUT2D eigenvalue weighted by Crippen LogP contribution is 2.32. The summed E-state index contributed by atoms with van der Waals surface area (Å²) in [6, 6.07) is -0.0942. The Hall–Kier alpha value is -2.25. The normalized spacial score (nSPS) is 18.3. The molecule has 2 aromatic rings. The fourth-order valence-corrected chi connectivity index (χ4v) is 2.64. The van der Waals surface area contributed by atoms with Gasteiger partial charge in [0.2, 0.25) is 11.8 Å². The smallest absolute Gasteiger partial charge is 0.249 e. The quantitative estimate of drug-likeness (QED) is 0.832. The van der Waals surface area contributed by atoms with Gasteiger partial charge in [-0.05, 0) is 12.8 Å². The van der Waals surface area contributed by atoms with Gasteiger partial charge in [0.25, 0.3) is 0 Å². The zero-order valence-electron chi connectivity index (χ0n) is 12.8. The highest BCUT2D eigenvalue weighted by molar-refractivity contribution is 5.76. The molecule has 3 rings (SSSR count). The van der Waals surface area contributed by atoms with Gasteiger partial charge in [-0.25, -0.2) is 4.98 Å². The van der Waals surface area contributed by atoms with Crippen molar-refractivity contribution >= 4 is 5.91 Å². The van der Waals surface area contributed by atoms with Crippen LogP contribution in [-0.4, -0.2) is 42.3 Å². The van der Waals surface area contributed by atoms with E-state index in [0.29, 0.717) is 24.7 Å². The minimum absolute atomic E-state index is 0.0855. The fraction of sp³-hybridized carbons (Fsp3) is 0.643. The number of amides is 1. The summed E-state index contributed by atoms with van der Waals surface area (Å²) in [5, 5.41) is 8.00. The Labute approximate surface area is 128 Å². The molecule has 0 aliphatic carbocycles. The Morgan fingerprint density at radius 1 is 1.50 bits per heavy atom. The van der Waals surface area contributed by atoms with Gasteiger partial charge in [0.1, 0.15) is 18.7 Å².